The van der Waals surface area contributed by atoms with Crippen molar-refractivity contribution >= 4 is 56.7 Å². The second-order valence-corrected chi connectivity index (χ2v) is 7.14. The van der Waals surface area contributed by atoms with Gasteiger partial charge in [-0.3, -0.25) is 14.0 Å². The van der Waals surface area contributed by atoms with Gasteiger partial charge in [0.25, 0.3) is 11.5 Å². The first-order valence-corrected chi connectivity index (χ1v) is 8.67. The number of fused-ring (bicyclic) bond motifs is 3. The quantitative estimate of drug-likeness (QED) is 0.567. The molecule has 0 aliphatic carbocycles. The Kier molecular flexibility index (Phi) is 3.92. The van der Waals surface area contributed by atoms with Crippen LogP contribution >= 0.6 is 34.9 Å². The maximum absolute atomic E-state index is 12.3. The molecule has 3 heterocycles. The number of amides is 1. The third-order valence-corrected chi connectivity index (χ3v) is 5.43. The topological polar surface area (TPSA) is 66.4 Å². The number of nitrogens with zero attached hydrogens (tertiary/aromatic N) is 1. The number of carbonyl (C=O) groups is 1. The molecule has 0 saturated carbocycles. The molecular formula is C13H13N3O2S3. The number of rotatable bonds is 4. The van der Waals surface area contributed by atoms with Gasteiger partial charge in [-0.15, -0.1) is 11.3 Å². The van der Waals surface area contributed by atoms with E-state index in [-0.39, 0.29) is 11.5 Å². The molecule has 5 nitrogen and oxygen atoms in total. The SMILES string of the molecule is CCCCNC(=O)c1sc(=S)n2c1[nH]c(=O)c1sccc12. The third kappa shape index (κ3) is 2.43. The highest BCUT2D eigenvalue weighted by molar-refractivity contribution is 7.73. The number of thiophene rings is 1. The second kappa shape index (κ2) is 5.70. The van der Waals surface area contributed by atoms with Gasteiger partial charge in [0.1, 0.15) is 15.2 Å². The van der Waals surface area contributed by atoms with E-state index < -0.39 is 0 Å². The standard InChI is InChI=1S/C13H13N3O2S3/c1-2-3-5-14-11(17)9-10-15-12(18)8-7(4-6-20-8)16(10)13(19)21-9/h4,6H,2-3,5H2,1H3,(H,14,17)(H,15,18). The molecule has 8 heteroatoms. The van der Waals surface area contributed by atoms with E-state index in [1.165, 1.54) is 22.7 Å². The molecule has 110 valence electrons. The molecule has 0 atom stereocenters. The number of thiazole rings is 1. The maximum atomic E-state index is 12.3. The van der Waals surface area contributed by atoms with E-state index in [0.29, 0.717) is 25.7 Å². The van der Waals surface area contributed by atoms with Gasteiger partial charge in [0.2, 0.25) is 0 Å². The molecular weight excluding hydrogens is 326 g/mol. The number of aromatic amines is 1. The molecule has 0 fully saturated rings. The van der Waals surface area contributed by atoms with Crippen molar-refractivity contribution in [2.45, 2.75) is 19.8 Å². The first-order chi connectivity index (χ1) is 10.1. The normalized spacial score (nSPS) is 11.3. The lowest BCUT2D eigenvalue weighted by Crippen LogP contribution is -2.24. The van der Waals surface area contributed by atoms with E-state index in [2.05, 4.69) is 17.2 Å². The van der Waals surface area contributed by atoms with Crippen LogP contribution in [0.1, 0.15) is 29.4 Å². The first kappa shape index (κ1) is 14.4. The molecule has 0 bridgehead atoms. The summed E-state index contributed by atoms with van der Waals surface area (Å²) in [6.45, 7) is 2.69. The minimum Gasteiger partial charge on any atom is -0.351 e. The number of hydrogen-bond acceptors (Lipinski definition) is 5. The van der Waals surface area contributed by atoms with Gasteiger partial charge < -0.3 is 10.3 Å². The summed E-state index contributed by atoms with van der Waals surface area (Å²) in [6, 6.07) is 1.85. The van der Waals surface area contributed by atoms with Crippen LogP contribution < -0.4 is 10.9 Å². The summed E-state index contributed by atoms with van der Waals surface area (Å²) in [7, 11) is 0. The Bertz CT molecular complexity index is 932. The van der Waals surface area contributed by atoms with Crippen molar-refractivity contribution in [1.82, 2.24) is 14.7 Å². The maximum Gasteiger partial charge on any atom is 0.269 e. The number of nitrogens with one attached hydrogen (secondary N) is 2. The van der Waals surface area contributed by atoms with E-state index in [4.69, 9.17) is 12.2 Å². The molecule has 3 aromatic rings. The molecule has 3 aromatic heterocycles. The molecule has 21 heavy (non-hydrogen) atoms. The van der Waals surface area contributed by atoms with Gasteiger partial charge in [-0.25, -0.2) is 0 Å². The lowest BCUT2D eigenvalue weighted by Gasteiger charge is -2.02. The van der Waals surface area contributed by atoms with Gasteiger partial charge in [-0.05, 0) is 30.1 Å². The average Bonchev–Trinajstić information content (AvgIpc) is 3.04. The molecule has 0 radical (unpaired) electrons. The smallest absolute Gasteiger partial charge is 0.269 e. The van der Waals surface area contributed by atoms with Crippen molar-refractivity contribution < 1.29 is 4.79 Å². The second-order valence-electron chi connectivity index (χ2n) is 4.58. The van der Waals surface area contributed by atoms with Crippen LogP contribution in [0, 0.1) is 3.95 Å². The fraction of sp³-hybridized carbons (Fsp3) is 0.308. The van der Waals surface area contributed by atoms with E-state index in [1.54, 1.807) is 4.40 Å². The summed E-state index contributed by atoms with van der Waals surface area (Å²) in [6.07, 6.45) is 1.94. The van der Waals surface area contributed by atoms with E-state index >= 15 is 0 Å². The van der Waals surface area contributed by atoms with Crippen LogP contribution in [0.4, 0.5) is 0 Å². The van der Waals surface area contributed by atoms with Gasteiger partial charge >= 0.3 is 0 Å². The van der Waals surface area contributed by atoms with Gasteiger partial charge in [0.15, 0.2) is 3.95 Å². The summed E-state index contributed by atoms with van der Waals surface area (Å²) in [5, 5.41) is 4.71. The highest BCUT2D eigenvalue weighted by atomic mass is 32.1. The number of aromatic nitrogens is 2. The molecule has 0 aliphatic rings. The molecule has 0 unspecified atom stereocenters. The van der Waals surface area contributed by atoms with Gasteiger partial charge in [0.05, 0.1) is 5.52 Å². The Morgan fingerprint density at radius 3 is 3.10 bits per heavy atom. The van der Waals surface area contributed by atoms with Gasteiger partial charge in [0, 0.05) is 6.54 Å². The number of H-pyrrole nitrogens is 1. The zero-order valence-electron chi connectivity index (χ0n) is 11.3. The molecule has 3 rings (SSSR count). The van der Waals surface area contributed by atoms with Crippen LogP contribution in [-0.4, -0.2) is 21.8 Å². The Hall–Kier alpha value is -1.51. The number of hydrogen-bond donors (Lipinski definition) is 2. The number of unbranched alkanes of at least 4 members (excludes halogenated alkanes) is 1. The molecule has 0 aliphatic heterocycles. The zero-order chi connectivity index (χ0) is 15.0. The van der Waals surface area contributed by atoms with E-state index in [0.717, 1.165) is 18.4 Å². The predicted octanol–water partition coefficient (Wildman–Crippen LogP) is 3.16. The van der Waals surface area contributed by atoms with Crippen molar-refractivity contribution in [3.05, 3.63) is 30.6 Å². The summed E-state index contributed by atoms with van der Waals surface area (Å²) < 4.78 is 2.95. The van der Waals surface area contributed by atoms with Crippen molar-refractivity contribution in [3.8, 4) is 0 Å². The lowest BCUT2D eigenvalue weighted by atomic mass is 10.3. The first-order valence-electron chi connectivity index (χ1n) is 6.56. The monoisotopic (exact) mass is 339 g/mol. The van der Waals surface area contributed by atoms with Crippen LogP contribution in [-0.2, 0) is 0 Å². The molecule has 1 amide bonds. The summed E-state index contributed by atoms with van der Waals surface area (Å²) in [4.78, 5) is 27.6. The fourth-order valence-electron chi connectivity index (χ4n) is 2.13. The zero-order valence-corrected chi connectivity index (χ0v) is 13.7. The van der Waals surface area contributed by atoms with Crippen molar-refractivity contribution in [3.63, 3.8) is 0 Å². The van der Waals surface area contributed by atoms with Crippen LogP contribution in [0.15, 0.2) is 16.2 Å². The minimum atomic E-state index is -0.188. The Balaban J connectivity index is 2.17. The molecule has 2 N–H and O–H groups in total. The van der Waals surface area contributed by atoms with Gasteiger partial charge in [-0.2, -0.15) is 0 Å². The summed E-state index contributed by atoms with van der Waals surface area (Å²) >= 11 is 7.94. The third-order valence-electron chi connectivity index (χ3n) is 3.16. The predicted molar refractivity (Wildman–Crippen MR) is 89.4 cm³/mol. The minimum absolute atomic E-state index is 0.185. The van der Waals surface area contributed by atoms with E-state index in [9.17, 15) is 9.59 Å². The Labute approximate surface area is 133 Å². The van der Waals surface area contributed by atoms with Crippen LogP contribution in [0.25, 0.3) is 15.9 Å². The largest absolute Gasteiger partial charge is 0.351 e. The highest BCUT2D eigenvalue weighted by Crippen LogP contribution is 2.24. The lowest BCUT2D eigenvalue weighted by molar-refractivity contribution is 0.0958. The highest BCUT2D eigenvalue weighted by Gasteiger charge is 2.17. The van der Waals surface area contributed by atoms with Gasteiger partial charge in [-0.1, -0.05) is 24.7 Å². The van der Waals surface area contributed by atoms with Crippen molar-refractivity contribution in [1.29, 1.82) is 0 Å². The molecule has 0 aromatic carbocycles. The molecule has 0 saturated heterocycles. The van der Waals surface area contributed by atoms with Crippen LogP contribution in [0.2, 0.25) is 0 Å². The Morgan fingerprint density at radius 1 is 1.52 bits per heavy atom. The van der Waals surface area contributed by atoms with Crippen molar-refractivity contribution in [2.75, 3.05) is 6.54 Å². The average molecular weight is 339 g/mol. The Morgan fingerprint density at radius 2 is 2.33 bits per heavy atom. The van der Waals surface area contributed by atoms with E-state index in [1.807, 2.05) is 11.4 Å². The fourth-order valence-corrected chi connectivity index (χ4v) is 4.20. The van der Waals surface area contributed by atoms with Crippen molar-refractivity contribution in [2.24, 2.45) is 0 Å². The summed E-state index contributed by atoms with van der Waals surface area (Å²) in [5.41, 5.74) is 1.05. The van der Waals surface area contributed by atoms with Crippen LogP contribution in [0.5, 0.6) is 0 Å². The summed E-state index contributed by atoms with van der Waals surface area (Å²) in [5.74, 6) is -0.188. The number of carbonyl (C=O) groups excluding carboxylic acids is 1. The van der Waals surface area contributed by atoms with Crippen LogP contribution in [0.3, 0.4) is 0 Å². The molecule has 0 spiro atoms.